The highest BCUT2D eigenvalue weighted by Gasteiger charge is 2.17. The molecule has 0 aliphatic heterocycles. The number of halogens is 1. The predicted molar refractivity (Wildman–Crippen MR) is 75.3 cm³/mol. The van der Waals surface area contributed by atoms with Gasteiger partial charge in [0.1, 0.15) is 11.6 Å². The summed E-state index contributed by atoms with van der Waals surface area (Å²) in [5.74, 6) is 0.232. The first-order valence-electron chi connectivity index (χ1n) is 6.32. The van der Waals surface area contributed by atoms with E-state index in [1.54, 1.807) is 6.20 Å². The molecule has 4 heteroatoms. The Morgan fingerprint density at radius 1 is 1.37 bits per heavy atom. The van der Waals surface area contributed by atoms with Gasteiger partial charge in [-0.3, -0.25) is 0 Å². The third-order valence-corrected chi connectivity index (χ3v) is 2.99. The largest absolute Gasteiger partial charge is 0.383 e. The average Bonchev–Trinajstić information content (AvgIpc) is 2.36. The molecule has 19 heavy (non-hydrogen) atoms. The number of rotatable bonds is 4. The third kappa shape index (κ3) is 3.09. The van der Waals surface area contributed by atoms with Gasteiger partial charge in [-0.1, -0.05) is 19.1 Å². The maximum Gasteiger partial charge on any atom is 0.128 e. The van der Waals surface area contributed by atoms with Crippen LogP contribution in [0.4, 0.5) is 10.2 Å². The molecule has 0 saturated carbocycles. The van der Waals surface area contributed by atoms with Crippen LogP contribution in [0.15, 0.2) is 36.5 Å². The topological polar surface area (TPSA) is 50.9 Å². The van der Waals surface area contributed by atoms with Gasteiger partial charge in [0.15, 0.2) is 0 Å². The fraction of sp³-hybridized carbons (Fsp3) is 0.267. The molecule has 2 rings (SSSR count). The van der Waals surface area contributed by atoms with Gasteiger partial charge in [-0.2, -0.15) is 0 Å². The van der Waals surface area contributed by atoms with Crippen LogP contribution in [0, 0.1) is 12.7 Å². The van der Waals surface area contributed by atoms with Gasteiger partial charge in [0, 0.05) is 11.8 Å². The van der Waals surface area contributed by atoms with Crippen LogP contribution < -0.4 is 11.1 Å². The Labute approximate surface area is 112 Å². The van der Waals surface area contributed by atoms with E-state index < -0.39 is 0 Å². The first kappa shape index (κ1) is 13.5. The quantitative estimate of drug-likeness (QED) is 0.887. The molecule has 0 saturated heterocycles. The highest BCUT2D eigenvalue weighted by atomic mass is 19.1. The normalized spacial score (nSPS) is 12.4. The van der Waals surface area contributed by atoms with Crippen molar-refractivity contribution in [2.24, 2.45) is 0 Å². The first-order valence-corrected chi connectivity index (χ1v) is 6.32. The molecule has 3 nitrogen and oxygen atoms in total. The van der Waals surface area contributed by atoms with Gasteiger partial charge in [0.25, 0.3) is 0 Å². The lowest BCUT2D eigenvalue weighted by Gasteiger charge is -2.20. The molecule has 1 heterocycles. The lowest BCUT2D eigenvalue weighted by Crippen LogP contribution is -2.23. The maximum absolute atomic E-state index is 13.6. The zero-order valence-corrected chi connectivity index (χ0v) is 11.2. The number of nitrogens with two attached hydrogens (primary N) is 1. The van der Waals surface area contributed by atoms with E-state index in [1.165, 1.54) is 12.1 Å². The maximum atomic E-state index is 13.6. The monoisotopic (exact) mass is 259 g/mol. The summed E-state index contributed by atoms with van der Waals surface area (Å²) in [6, 6.07) is 8.61. The van der Waals surface area contributed by atoms with Crippen molar-refractivity contribution in [2.75, 3.05) is 12.3 Å². The molecular formula is C15H18FN3. The minimum Gasteiger partial charge on any atom is -0.383 e. The van der Waals surface area contributed by atoms with Crippen LogP contribution in [0.1, 0.15) is 29.7 Å². The molecule has 0 aliphatic rings. The van der Waals surface area contributed by atoms with Crippen molar-refractivity contribution >= 4 is 5.82 Å². The molecule has 0 spiro atoms. The number of nitrogens with one attached hydrogen (secondary N) is 1. The number of hydrogen-bond acceptors (Lipinski definition) is 3. The van der Waals surface area contributed by atoms with Crippen LogP contribution in [0.25, 0.3) is 0 Å². The third-order valence-electron chi connectivity index (χ3n) is 2.99. The van der Waals surface area contributed by atoms with Gasteiger partial charge in [-0.15, -0.1) is 0 Å². The van der Waals surface area contributed by atoms with Crippen molar-refractivity contribution in [3.05, 3.63) is 59.0 Å². The summed E-state index contributed by atoms with van der Waals surface area (Å²) in [6.07, 6.45) is 1.65. The highest BCUT2D eigenvalue weighted by Crippen LogP contribution is 2.26. The summed E-state index contributed by atoms with van der Waals surface area (Å²) in [5.41, 5.74) is 8.54. The summed E-state index contributed by atoms with van der Waals surface area (Å²) >= 11 is 0. The fourth-order valence-corrected chi connectivity index (χ4v) is 2.22. The van der Waals surface area contributed by atoms with E-state index in [4.69, 9.17) is 5.73 Å². The second-order valence-electron chi connectivity index (χ2n) is 4.53. The highest BCUT2D eigenvalue weighted by molar-refractivity contribution is 5.46. The van der Waals surface area contributed by atoms with Crippen molar-refractivity contribution in [3.8, 4) is 0 Å². The Bertz CT molecular complexity index is 549. The van der Waals surface area contributed by atoms with Crippen molar-refractivity contribution in [1.82, 2.24) is 10.3 Å². The van der Waals surface area contributed by atoms with Crippen molar-refractivity contribution < 1.29 is 4.39 Å². The van der Waals surface area contributed by atoms with E-state index in [-0.39, 0.29) is 11.9 Å². The Hall–Kier alpha value is -1.94. The Balaban J connectivity index is 2.48. The SMILES string of the molecule is CCNC(c1cc(C)cc(F)c1)c1cccnc1N. The van der Waals surface area contributed by atoms with E-state index in [0.717, 1.165) is 23.2 Å². The summed E-state index contributed by atoms with van der Waals surface area (Å²) in [6.45, 7) is 4.64. The molecule has 1 aromatic carbocycles. The van der Waals surface area contributed by atoms with E-state index in [2.05, 4.69) is 10.3 Å². The molecular weight excluding hydrogens is 241 g/mol. The van der Waals surface area contributed by atoms with Gasteiger partial charge in [-0.05, 0) is 42.8 Å². The van der Waals surface area contributed by atoms with Crippen molar-refractivity contribution in [1.29, 1.82) is 0 Å². The second-order valence-corrected chi connectivity index (χ2v) is 4.53. The van der Waals surface area contributed by atoms with Crippen LogP contribution in [0.3, 0.4) is 0 Å². The number of hydrogen-bond donors (Lipinski definition) is 2. The van der Waals surface area contributed by atoms with E-state index in [9.17, 15) is 4.39 Å². The minimum absolute atomic E-state index is 0.145. The molecule has 100 valence electrons. The minimum atomic E-state index is -0.236. The molecule has 0 fully saturated rings. The average molecular weight is 259 g/mol. The second kappa shape index (κ2) is 5.80. The van der Waals surface area contributed by atoms with Gasteiger partial charge >= 0.3 is 0 Å². The van der Waals surface area contributed by atoms with E-state index in [1.807, 2.05) is 32.0 Å². The zero-order chi connectivity index (χ0) is 13.8. The standard InChI is InChI=1S/C15H18FN3/c1-3-18-14(13-5-4-6-19-15(13)17)11-7-10(2)8-12(16)9-11/h4-9,14,18H,3H2,1-2H3,(H2,17,19). The molecule has 0 radical (unpaired) electrons. The van der Waals surface area contributed by atoms with Crippen molar-refractivity contribution in [2.45, 2.75) is 19.9 Å². The molecule has 3 N–H and O–H groups in total. The summed E-state index contributed by atoms with van der Waals surface area (Å²) in [5, 5.41) is 3.32. The zero-order valence-electron chi connectivity index (χ0n) is 11.2. The predicted octanol–water partition coefficient (Wildman–Crippen LogP) is 2.81. The molecule has 0 amide bonds. The number of nitrogen functional groups attached to an aromatic ring is 1. The lowest BCUT2D eigenvalue weighted by molar-refractivity contribution is 0.602. The number of aromatic nitrogens is 1. The fourth-order valence-electron chi connectivity index (χ4n) is 2.22. The van der Waals surface area contributed by atoms with Gasteiger partial charge in [0.05, 0.1) is 6.04 Å². The molecule has 1 aromatic heterocycles. The Morgan fingerprint density at radius 3 is 2.79 bits per heavy atom. The van der Waals surface area contributed by atoms with E-state index >= 15 is 0 Å². The molecule has 2 aromatic rings. The Kier molecular flexibility index (Phi) is 4.12. The van der Waals surface area contributed by atoms with Crippen LogP contribution in [-0.4, -0.2) is 11.5 Å². The summed E-state index contributed by atoms with van der Waals surface area (Å²) < 4.78 is 13.6. The van der Waals surface area contributed by atoms with Crippen LogP contribution in [0.2, 0.25) is 0 Å². The molecule has 1 unspecified atom stereocenters. The number of aryl methyl sites for hydroxylation is 1. The molecule has 1 atom stereocenters. The van der Waals surface area contributed by atoms with Crippen LogP contribution >= 0.6 is 0 Å². The van der Waals surface area contributed by atoms with Gasteiger partial charge in [0.2, 0.25) is 0 Å². The number of benzene rings is 1. The van der Waals surface area contributed by atoms with Crippen LogP contribution in [0.5, 0.6) is 0 Å². The summed E-state index contributed by atoms with van der Waals surface area (Å²) in [7, 11) is 0. The van der Waals surface area contributed by atoms with Gasteiger partial charge < -0.3 is 11.1 Å². The first-order chi connectivity index (χ1) is 9.11. The number of anilines is 1. The van der Waals surface area contributed by atoms with E-state index in [0.29, 0.717) is 5.82 Å². The number of nitrogens with zero attached hydrogens (tertiary/aromatic N) is 1. The Morgan fingerprint density at radius 2 is 2.16 bits per heavy atom. The van der Waals surface area contributed by atoms with Crippen LogP contribution in [-0.2, 0) is 0 Å². The summed E-state index contributed by atoms with van der Waals surface area (Å²) in [4.78, 5) is 4.10. The van der Waals surface area contributed by atoms with Gasteiger partial charge in [-0.25, -0.2) is 9.37 Å². The van der Waals surface area contributed by atoms with Crippen molar-refractivity contribution in [3.63, 3.8) is 0 Å². The lowest BCUT2D eigenvalue weighted by atomic mass is 9.97. The molecule has 0 aliphatic carbocycles. The number of pyridine rings is 1. The smallest absolute Gasteiger partial charge is 0.128 e. The molecule has 0 bridgehead atoms.